The topological polar surface area (TPSA) is 223 Å². The van der Waals surface area contributed by atoms with Crippen molar-refractivity contribution in [3.63, 3.8) is 0 Å². The van der Waals surface area contributed by atoms with Crippen LogP contribution >= 0.6 is 0 Å². The number of nitrogens with one attached hydrogen (secondary N) is 1. The number of aliphatic hydroxyl groups is 4. The molecule has 5 aliphatic heterocycles. The molecule has 0 aromatic carbocycles. The summed E-state index contributed by atoms with van der Waals surface area (Å²) in [5.41, 5.74) is 13.3. The molecule has 0 amide bonds. The number of esters is 1. The van der Waals surface area contributed by atoms with Crippen LogP contribution in [0.1, 0.15) is 117 Å². The minimum absolute atomic E-state index is 0.00968. The predicted octanol–water partition coefficient (Wildman–Crippen LogP) is 1.87. The molecular formula is C46H77N4O9+. The summed E-state index contributed by atoms with van der Waals surface area (Å²) in [7, 11) is 0. The Morgan fingerprint density at radius 2 is 1.78 bits per heavy atom. The molecule has 3 saturated carbocycles. The van der Waals surface area contributed by atoms with Crippen LogP contribution in [0.25, 0.3) is 0 Å². The monoisotopic (exact) mass is 830 g/mol. The van der Waals surface area contributed by atoms with Gasteiger partial charge in [0.05, 0.1) is 55.8 Å². The molecule has 5 saturated heterocycles. The number of hydrogen-bond donors (Lipinski definition) is 8. The summed E-state index contributed by atoms with van der Waals surface area (Å²) in [6.07, 6.45) is 10.2. The van der Waals surface area contributed by atoms with Crippen molar-refractivity contribution in [2.24, 2.45) is 76.6 Å². The number of nitrogens with two attached hydrogens (primary N) is 3. The lowest BCUT2D eigenvalue weighted by Crippen LogP contribution is -2.95. The van der Waals surface area contributed by atoms with Gasteiger partial charge in [-0.2, -0.15) is 0 Å². The van der Waals surface area contributed by atoms with Crippen molar-refractivity contribution >= 4 is 11.8 Å². The highest BCUT2D eigenvalue weighted by molar-refractivity contribution is 5.89. The molecule has 0 aromatic heterocycles. The van der Waals surface area contributed by atoms with E-state index in [-0.39, 0.29) is 85.1 Å². The van der Waals surface area contributed by atoms with Gasteiger partial charge < -0.3 is 51.0 Å². The van der Waals surface area contributed by atoms with Crippen LogP contribution in [0.3, 0.4) is 0 Å². The first-order chi connectivity index (χ1) is 28.4. The van der Waals surface area contributed by atoms with Crippen LogP contribution in [0.2, 0.25) is 0 Å². The van der Waals surface area contributed by atoms with Crippen LogP contribution in [0.4, 0.5) is 0 Å². The van der Waals surface area contributed by atoms with Gasteiger partial charge in [-0.1, -0.05) is 25.3 Å². The van der Waals surface area contributed by atoms with E-state index in [1.165, 1.54) is 0 Å². The van der Waals surface area contributed by atoms with Crippen molar-refractivity contribution in [3.8, 4) is 0 Å². The molecule has 0 aromatic rings. The molecule has 59 heavy (non-hydrogen) atoms. The summed E-state index contributed by atoms with van der Waals surface area (Å²) in [5, 5.41) is 51.6. The van der Waals surface area contributed by atoms with Gasteiger partial charge in [0.15, 0.2) is 0 Å². The van der Waals surface area contributed by atoms with Gasteiger partial charge in [0, 0.05) is 42.8 Å². The lowest BCUT2D eigenvalue weighted by Gasteiger charge is -2.63. The molecule has 8 rings (SSSR count). The Bertz CT molecular complexity index is 1490. The van der Waals surface area contributed by atoms with Crippen molar-refractivity contribution in [2.45, 2.75) is 171 Å². The maximum absolute atomic E-state index is 14.5. The predicted molar refractivity (Wildman–Crippen MR) is 220 cm³/mol. The van der Waals surface area contributed by atoms with Gasteiger partial charge in [-0.3, -0.25) is 10.5 Å². The maximum atomic E-state index is 14.5. The maximum Gasteiger partial charge on any atom is 0.334 e. The van der Waals surface area contributed by atoms with E-state index in [0.717, 1.165) is 95.6 Å². The third-order valence-electron chi connectivity index (χ3n) is 17.6. The summed E-state index contributed by atoms with van der Waals surface area (Å²) >= 11 is 0. The van der Waals surface area contributed by atoms with Crippen molar-refractivity contribution < 1.29 is 49.5 Å². The molecule has 334 valence electrons. The summed E-state index contributed by atoms with van der Waals surface area (Å²) in [6.45, 7) is 5.29. The summed E-state index contributed by atoms with van der Waals surface area (Å²) in [4.78, 5) is 28.8. The van der Waals surface area contributed by atoms with Crippen LogP contribution in [-0.4, -0.2) is 113 Å². The largest absolute Gasteiger partial charge is 0.456 e. The molecule has 2 bridgehead atoms. The summed E-state index contributed by atoms with van der Waals surface area (Å²) in [6, 6.07) is 0. The first-order valence-electron chi connectivity index (χ1n) is 23.8. The van der Waals surface area contributed by atoms with E-state index in [9.17, 15) is 30.0 Å². The Hall–Kier alpha value is -1.52. The third kappa shape index (κ3) is 8.62. The number of hydrogen-bond acceptors (Lipinski definition) is 12. The van der Waals surface area contributed by atoms with Gasteiger partial charge in [0.25, 0.3) is 0 Å². The van der Waals surface area contributed by atoms with Gasteiger partial charge in [-0.15, -0.1) is 0 Å². The van der Waals surface area contributed by atoms with E-state index < -0.39 is 60.0 Å². The number of ketones is 1. The van der Waals surface area contributed by atoms with E-state index in [1.54, 1.807) is 0 Å². The fraction of sp³-hybridized carbons (Fsp3) is 0.913. The highest BCUT2D eigenvalue weighted by atomic mass is 16.6. The molecule has 8 fully saturated rings. The van der Waals surface area contributed by atoms with Crippen molar-refractivity contribution in [2.75, 3.05) is 26.3 Å². The number of rotatable bonds is 9. The fourth-order valence-corrected chi connectivity index (χ4v) is 14.5. The quantitative estimate of drug-likeness (QED) is 0.123. The zero-order chi connectivity index (χ0) is 41.6. The molecule has 19 atom stereocenters. The number of Topliss-reactive ketones (excluding diaryl/α,β-unsaturated/α-hetero) is 1. The first-order valence-corrected chi connectivity index (χ1v) is 23.8. The number of carbonyl (C=O) groups is 2. The lowest BCUT2D eigenvalue weighted by molar-refractivity contribution is -0.703. The molecule has 19 unspecified atom stereocenters. The van der Waals surface area contributed by atoms with Crippen molar-refractivity contribution in [1.29, 1.82) is 0 Å². The van der Waals surface area contributed by atoms with Gasteiger partial charge in [-0.25, -0.2) is 4.79 Å². The fourth-order valence-electron chi connectivity index (χ4n) is 14.5. The molecule has 3 aliphatic carbocycles. The molecule has 11 N–H and O–H groups in total. The second kappa shape index (κ2) is 18.7. The minimum Gasteiger partial charge on any atom is -0.456 e. The number of quaternary nitrogens is 1. The van der Waals surface area contributed by atoms with Crippen LogP contribution < -0.4 is 22.1 Å². The molecule has 0 spiro atoms. The van der Waals surface area contributed by atoms with E-state index in [4.69, 9.17) is 25.7 Å². The second-order valence-electron chi connectivity index (χ2n) is 20.6. The molecule has 13 heteroatoms. The molecule has 13 nitrogen and oxygen atoms in total. The molecule has 5 heterocycles. The molecule has 0 radical (unpaired) electrons. The van der Waals surface area contributed by atoms with E-state index >= 15 is 0 Å². The SMILES string of the molecule is CC=C(C(=O)OC1CC2C(O)C3C(=O)CC(CO)OC3C3C2OC1(C)C(CC1CCC(N)[NH2+]C1)CCC1C(N)NCCC1C3C(CO)C1CCCC(O)C1)C1CCCC1. The van der Waals surface area contributed by atoms with Crippen LogP contribution in [0, 0.1) is 65.1 Å². The van der Waals surface area contributed by atoms with Crippen LogP contribution in [-0.2, 0) is 23.8 Å². The second-order valence-corrected chi connectivity index (χ2v) is 20.6. The van der Waals surface area contributed by atoms with Crippen molar-refractivity contribution in [3.05, 3.63) is 11.6 Å². The highest BCUT2D eigenvalue weighted by Gasteiger charge is 2.66. The standard InChI is InChI=1S/C46H76N4O9/c1-3-30(25-7-4-5-8-25)45(56)58-36-20-33-41(55)39-35(54)19-29(22-51)57-43(39)40-38(34(23-52)26-9-6-10-28(53)18-26)31-15-16-49-44(48)32(31)13-12-27(46(36,2)59-42(33)40)17-24-11-14-37(47)50-21-24/h3,24-29,31-34,36-44,49-53,55H,4-23,47-48H2,1-2H3/p+1. The average Bonchev–Trinajstić information content (AvgIpc) is 3.75. The number of ether oxygens (including phenoxy) is 3. The Kier molecular flexibility index (Phi) is 14.0. The zero-order valence-corrected chi connectivity index (χ0v) is 35.8. The molecule has 8 aliphatic rings. The summed E-state index contributed by atoms with van der Waals surface area (Å²) < 4.78 is 21.4. The number of carbonyl (C=O) groups excluding carboxylic acids is 2. The molecular weight excluding hydrogens is 753 g/mol. The Morgan fingerprint density at radius 3 is 2.47 bits per heavy atom. The Labute approximate surface area is 351 Å². The van der Waals surface area contributed by atoms with E-state index in [0.29, 0.717) is 25.3 Å². The number of aliphatic hydroxyl groups excluding tert-OH is 4. The Balaban J connectivity index is 1.27. The number of allylic oxidation sites excluding steroid dienone is 1. The normalized spacial score (nSPS) is 47.8. The number of fused-ring (bicyclic) bond motifs is 4. The highest BCUT2D eigenvalue weighted by Crippen LogP contribution is 2.59. The first kappa shape index (κ1) is 44.1. The Morgan fingerprint density at radius 1 is 0.983 bits per heavy atom. The number of piperidine rings is 2. The van der Waals surface area contributed by atoms with Crippen LogP contribution in [0.15, 0.2) is 11.6 Å². The summed E-state index contributed by atoms with van der Waals surface area (Å²) in [5.74, 6) is -2.05. The van der Waals surface area contributed by atoms with E-state index in [1.807, 2.05) is 13.0 Å². The third-order valence-corrected chi connectivity index (χ3v) is 17.6. The smallest absolute Gasteiger partial charge is 0.334 e. The average molecular weight is 830 g/mol. The van der Waals surface area contributed by atoms with Gasteiger partial charge in [-0.05, 0) is 132 Å². The van der Waals surface area contributed by atoms with Crippen molar-refractivity contribution in [1.82, 2.24) is 5.32 Å². The zero-order valence-electron chi connectivity index (χ0n) is 35.8. The van der Waals surface area contributed by atoms with Crippen LogP contribution in [0.5, 0.6) is 0 Å². The minimum atomic E-state index is -1.11. The lowest BCUT2D eigenvalue weighted by atomic mass is 9.51. The van der Waals surface area contributed by atoms with E-state index in [2.05, 4.69) is 17.6 Å². The van der Waals surface area contributed by atoms with Gasteiger partial charge >= 0.3 is 5.97 Å². The van der Waals surface area contributed by atoms with Gasteiger partial charge in [0.2, 0.25) is 0 Å². The van der Waals surface area contributed by atoms with Gasteiger partial charge in [0.1, 0.15) is 23.7 Å².